The first kappa shape index (κ1) is 17.6. The molecule has 1 aliphatic heterocycles. The van der Waals surface area contributed by atoms with Gasteiger partial charge in [-0.3, -0.25) is 14.7 Å². The lowest BCUT2D eigenvalue weighted by atomic mass is 10.2. The molecule has 2 aromatic rings. The minimum Gasteiger partial charge on any atom is -0.506 e. The van der Waals surface area contributed by atoms with Crippen molar-refractivity contribution in [2.24, 2.45) is 4.99 Å². The van der Waals surface area contributed by atoms with Gasteiger partial charge >= 0.3 is 0 Å². The number of amidine groups is 1. The zero-order chi connectivity index (χ0) is 17.8. The fourth-order valence-electron chi connectivity index (χ4n) is 2.36. The number of hydrogen-bond acceptors (Lipinski definition) is 4. The number of benzene rings is 2. The van der Waals surface area contributed by atoms with E-state index in [0.29, 0.717) is 16.6 Å². The number of nitrogens with zero attached hydrogens (tertiary/aromatic N) is 2. The summed E-state index contributed by atoms with van der Waals surface area (Å²) < 4.78 is 0. The number of thioether (sulfide) groups is 1. The number of rotatable bonds is 4. The molecule has 25 heavy (non-hydrogen) atoms. The van der Waals surface area contributed by atoms with Gasteiger partial charge in [0.1, 0.15) is 5.75 Å². The van der Waals surface area contributed by atoms with Crippen LogP contribution in [0.4, 0.5) is 5.69 Å². The number of aliphatic imine (C=N–C) groups is 1. The number of carbonyl (C=O) groups is 1. The summed E-state index contributed by atoms with van der Waals surface area (Å²) in [7, 11) is 0. The Labute approximate surface area is 155 Å². The predicted octanol–water partition coefficient (Wildman–Crippen LogP) is 4.93. The third kappa shape index (κ3) is 3.89. The van der Waals surface area contributed by atoms with E-state index in [2.05, 4.69) is 4.99 Å². The number of aromatic hydroxyl groups is 1. The Morgan fingerprint density at radius 3 is 2.68 bits per heavy atom. The number of halogens is 1. The molecule has 6 heteroatoms. The Morgan fingerprint density at radius 2 is 2.00 bits per heavy atom. The number of carbonyl (C=O) groups excluding carboxylic acids is 1. The van der Waals surface area contributed by atoms with Crippen LogP contribution in [0, 0.1) is 0 Å². The Hall–Kier alpha value is -2.24. The lowest BCUT2D eigenvalue weighted by molar-refractivity contribution is -0.113. The zero-order valence-electron chi connectivity index (χ0n) is 13.6. The molecule has 0 aliphatic carbocycles. The van der Waals surface area contributed by atoms with Crippen molar-refractivity contribution in [3.63, 3.8) is 0 Å². The fourth-order valence-corrected chi connectivity index (χ4v) is 3.55. The minimum atomic E-state index is -0.116. The van der Waals surface area contributed by atoms with Gasteiger partial charge in [-0.15, -0.1) is 0 Å². The normalized spacial score (nSPS) is 17.7. The van der Waals surface area contributed by atoms with E-state index in [9.17, 15) is 9.90 Å². The summed E-state index contributed by atoms with van der Waals surface area (Å²) in [6, 6.07) is 14.3. The highest BCUT2D eigenvalue weighted by Gasteiger charge is 2.34. The molecule has 1 N–H and O–H groups in total. The number of phenolic OH excluding ortho intramolecular Hbond substituents is 1. The van der Waals surface area contributed by atoms with Gasteiger partial charge in [0.05, 0.1) is 15.6 Å². The number of hydrogen-bond donors (Lipinski definition) is 1. The number of amides is 1. The molecule has 0 saturated carbocycles. The molecular formula is C19H17ClN2O2S. The van der Waals surface area contributed by atoms with Crippen molar-refractivity contribution in [3.8, 4) is 5.75 Å². The maximum absolute atomic E-state index is 12.9. The molecule has 0 spiro atoms. The molecule has 1 saturated heterocycles. The van der Waals surface area contributed by atoms with E-state index in [1.54, 1.807) is 23.1 Å². The molecule has 3 rings (SSSR count). The van der Waals surface area contributed by atoms with Crippen LogP contribution >= 0.6 is 23.4 Å². The third-order valence-electron chi connectivity index (χ3n) is 3.56. The lowest BCUT2D eigenvalue weighted by Gasteiger charge is -2.15. The Morgan fingerprint density at radius 1 is 1.24 bits per heavy atom. The molecule has 2 aromatic carbocycles. The molecule has 1 fully saturated rings. The van der Waals surface area contributed by atoms with Crippen LogP contribution in [0.25, 0.3) is 6.08 Å². The predicted molar refractivity (Wildman–Crippen MR) is 105 cm³/mol. The van der Waals surface area contributed by atoms with Crippen molar-refractivity contribution in [2.45, 2.75) is 13.3 Å². The highest BCUT2D eigenvalue weighted by molar-refractivity contribution is 8.19. The molecule has 1 heterocycles. The van der Waals surface area contributed by atoms with Gasteiger partial charge in [-0.05, 0) is 54.1 Å². The van der Waals surface area contributed by atoms with E-state index < -0.39 is 0 Å². The van der Waals surface area contributed by atoms with Gasteiger partial charge in [0.15, 0.2) is 5.17 Å². The fraction of sp³-hybridized carbons (Fsp3) is 0.158. The summed E-state index contributed by atoms with van der Waals surface area (Å²) in [4.78, 5) is 19.7. The second-order valence-electron chi connectivity index (χ2n) is 5.46. The summed E-state index contributed by atoms with van der Waals surface area (Å²) in [6.07, 6.45) is 2.68. The second-order valence-corrected chi connectivity index (χ2v) is 6.88. The third-order valence-corrected chi connectivity index (χ3v) is 4.87. The van der Waals surface area contributed by atoms with Crippen molar-refractivity contribution in [1.29, 1.82) is 0 Å². The average molecular weight is 373 g/mol. The first-order chi connectivity index (χ1) is 12.1. The highest BCUT2D eigenvalue weighted by atomic mass is 35.5. The van der Waals surface area contributed by atoms with Crippen molar-refractivity contribution in [1.82, 2.24) is 0 Å². The second kappa shape index (κ2) is 7.76. The van der Waals surface area contributed by atoms with Crippen LogP contribution in [-0.2, 0) is 4.79 Å². The maximum atomic E-state index is 12.9. The van der Waals surface area contributed by atoms with Crippen LogP contribution < -0.4 is 4.90 Å². The van der Waals surface area contributed by atoms with Gasteiger partial charge in [-0.2, -0.15) is 0 Å². The zero-order valence-corrected chi connectivity index (χ0v) is 15.2. The van der Waals surface area contributed by atoms with E-state index in [0.717, 1.165) is 17.7 Å². The van der Waals surface area contributed by atoms with Gasteiger partial charge in [-0.1, -0.05) is 42.8 Å². The summed E-state index contributed by atoms with van der Waals surface area (Å²) >= 11 is 7.30. The number of phenols is 1. The molecule has 0 aromatic heterocycles. The molecule has 0 atom stereocenters. The molecular weight excluding hydrogens is 356 g/mol. The minimum absolute atomic E-state index is 0.0188. The quantitative estimate of drug-likeness (QED) is 0.774. The number of para-hydroxylation sites is 1. The Kier molecular flexibility index (Phi) is 5.46. The van der Waals surface area contributed by atoms with Crippen LogP contribution in [-0.4, -0.2) is 22.7 Å². The van der Waals surface area contributed by atoms with Gasteiger partial charge in [0.2, 0.25) is 0 Å². The van der Waals surface area contributed by atoms with Gasteiger partial charge < -0.3 is 5.11 Å². The van der Waals surface area contributed by atoms with Crippen molar-refractivity contribution >= 4 is 46.2 Å². The SMILES string of the molecule is CCCN=C1S/C(=C\c2ccc(O)c(Cl)c2)C(=O)N1c1ccccc1. The average Bonchev–Trinajstić information content (AvgIpc) is 2.92. The summed E-state index contributed by atoms with van der Waals surface area (Å²) in [5.74, 6) is -0.0967. The number of anilines is 1. The smallest absolute Gasteiger partial charge is 0.271 e. The van der Waals surface area contributed by atoms with Crippen molar-refractivity contribution < 1.29 is 9.90 Å². The van der Waals surface area contributed by atoms with E-state index in [1.807, 2.05) is 37.3 Å². The lowest BCUT2D eigenvalue weighted by Crippen LogP contribution is -2.28. The standard InChI is InChI=1S/C19H17ClN2O2S/c1-2-10-21-19-22(14-6-4-3-5-7-14)18(24)17(25-19)12-13-8-9-16(23)15(20)11-13/h3-9,11-12,23H,2,10H2,1H3/b17-12-,21-19?. The van der Waals surface area contributed by atoms with Crippen LogP contribution in [0.3, 0.4) is 0 Å². The first-order valence-corrected chi connectivity index (χ1v) is 9.11. The maximum Gasteiger partial charge on any atom is 0.271 e. The van der Waals surface area contributed by atoms with Crippen LogP contribution in [0.2, 0.25) is 5.02 Å². The monoisotopic (exact) mass is 372 g/mol. The van der Waals surface area contributed by atoms with E-state index in [1.165, 1.54) is 17.8 Å². The van der Waals surface area contributed by atoms with Crippen LogP contribution in [0.5, 0.6) is 5.75 Å². The molecule has 4 nitrogen and oxygen atoms in total. The molecule has 0 radical (unpaired) electrons. The first-order valence-electron chi connectivity index (χ1n) is 7.92. The van der Waals surface area contributed by atoms with Gasteiger partial charge in [-0.25, -0.2) is 0 Å². The van der Waals surface area contributed by atoms with E-state index in [-0.39, 0.29) is 16.7 Å². The molecule has 128 valence electrons. The molecule has 0 unspecified atom stereocenters. The Bertz CT molecular complexity index is 850. The van der Waals surface area contributed by atoms with Gasteiger partial charge in [0, 0.05) is 6.54 Å². The largest absolute Gasteiger partial charge is 0.506 e. The summed E-state index contributed by atoms with van der Waals surface area (Å²) in [5.41, 5.74) is 1.55. The van der Waals surface area contributed by atoms with Crippen molar-refractivity contribution in [3.05, 3.63) is 64.0 Å². The van der Waals surface area contributed by atoms with Gasteiger partial charge in [0.25, 0.3) is 5.91 Å². The Balaban J connectivity index is 1.98. The van der Waals surface area contributed by atoms with Crippen LogP contribution in [0.15, 0.2) is 58.4 Å². The van der Waals surface area contributed by atoms with Crippen LogP contribution in [0.1, 0.15) is 18.9 Å². The molecule has 1 aliphatic rings. The topological polar surface area (TPSA) is 52.9 Å². The summed E-state index contributed by atoms with van der Waals surface area (Å²) in [6.45, 7) is 2.71. The van der Waals surface area contributed by atoms with E-state index >= 15 is 0 Å². The molecule has 0 bridgehead atoms. The highest BCUT2D eigenvalue weighted by Crippen LogP contribution is 2.36. The summed E-state index contributed by atoms with van der Waals surface area (Å²) in [5, 5.41) is 10.5. The van der Waals surface area contributed by atoms with Crippen molar-refractivity contribution in [2.75, 3.05) is 11.4 Å². The molecule has 1 amide bonds. The van der Waals surface area contributed by atoms with E-state index in [4.69, 9.17) is 11.6 Å².